The van der Waals surface area contributed by atoms with Gasteiger partial charge in [-0.3, -0.25) is 0 Å². The lowest BCUT2D eigenvalue weighted by molar-refractivity contribution is 0.201. The van der Waals surface area contributed by atoms with E-state index in [0.717, 1.165) is 5.56 Å². The number of hydrogen-bond donors (Lipinski definition) is 2. The van der Waals surface area contributed by atoms with Crippen LogP contribution in [0.2, 0.25) is 18.1 Å². The molecule has 7 heteroatoms. The third kappa shape index (κ3) is 5.35. The van der Waals surface area contributed by atoms with Gasteiger partial charge in [-0.05, 0) is 35.8 Å². The minimum Gasteiger partial charge on any atom is -0.588 e. The van der Waals surface area contributed by atoms with Crippen molar-refractivity contribution in [3.8, 4) is 0 Å². The Labute approximate surface area is 130 Å². The third-order valence-electron chi connectivity index (χ3n) is 3.72. The number of hydrogen-bond acceptors (Lipinski definition) is 3. The molecule has 1 rings (SSSR count). The number of amides is 1. The zero-order valence-corrected chi connectivity index (χ0v) is 14.9. The fraction of sp³-hybridized carbons (Fsp3) is 0.500. The van der Waals surface area contributed by atoms with E-state index in [9.17, 15) is 9.35 Å². The maximum atomic E-state index is 11.6. The first-order valence-corrected chi connectivity index (χ1v) is 10.7. The molecule has 0 aromatic heterocycles. The number of rotatable bonds is 5. The smallest absolute Gasteiger partial charge is 0.446 e. The van der Waals surface area contributed by atoms with Gasteiger partial charge in [-0.25, -0.2) is 4.79 Å². The van der Waals surface area contributed by atoms with E-state index in [1.54, 1.807) is 12.1 Å². The zero-order chi connectivity index (χ0) is 16.3. The Bertz CT molecular complexity index is 485. The van der Waals surface area contributed by atoms with Crippen molar-refractivity contribution in [2.45, 2.75) is 50.4 Å². The minimum atomic E-state index is -1.79. The minimum absolute atomic E-state index is 0.153. The van der Waals surface area contributed by atoms with Crippen molar-refractivity contribution >= 4 is 25.8 Å². The van der Waals surface area contributed by atoms with E-state index in [2.05, 4.69) is 33.9 Å². The molecule has 0 saturated heterocycles. The molecule has 0 heterocycles. The maximum Gasteiger partial charge on any atom is 0.446 e. The van der Waals surface area contributed by atoms with E-state index in [-0.39, 0.29) is 5.04 Å². The second-order valence-electron chi connectivity index (χ2n) is 6.37. The van der Waals surface area contributed by atoms with Crippen molar-refractivity contribution in [3.05, 3.63) is 29.8 Å². The molecule has 1 atom stereocenters. The Morgan fingerprint density at radius 3 is 2.29 bits per heavy atom. The molecular weight excluding hydrogens is 306 g/mol. The lowest BCUT2D eigenvalue weighted by Gasteiger charge is -2.36. The Kier molecular flexibility index (Phi) is 5.86. The quantitative estimate of drug-likeness (QED) is 0.640. The molecule has 2 N–H and O–H groups in total. The van der Waals surface area contributed by atoms with Crippen LogP contribution < -0.4 is 4.72 Å². The number of carbonyl (C=O) groups is 1. The van der Waals surface area contributed by atoms with Crippen LogP contribution in [0.25, 0.3) is 0 Å². The lowest BCUT2D eigenvalue weighted by atomic mass is 10.2. The predicted octanol–water partition coefficient (Wildman–Crippen LogP) is 3.50. The summed E-state index contributed by atoms with van der Waals surface area (Å²) in [6.45, 7) is 11.4. The van der Waals surface area contributed by atoms with Crippen LogP contribution in [0.1, 0.15) is 26.3 Å². The van der Waals surface area contributed by atoms with Crippen molar-refractivity contribution in [1.29, 1.82) is 0 Å². The van der Waals surface area contributed by atoms with Crippen molar-refractivity contribution in [1.82, 2.24) is 4.72 Å². The van der Waals surface area contributed by atoms with E-state index < -0.39 is 25.8 Å². The van der Waals surface area contributed by atoms with Crippen LogP contribution in [0.15, 0.2) is 29.2 Å². The fourth-order valence-electron chi connectivity index (χ4n) is 1.33. The molecule has 1 aromatic carbocycles. The highest BCUT2D eigenvalue weighted by Gasteiger charge is 2.37. The summed E-state index contributed by atoms with van der Waals surface area (Å²) in [6.07, 6.45) is -1.31. The molecule has 0 aliphatic heterocycles. The molecule has 1 aromatic rings. The van der Waals surface area contributed by atoms with Crippen molar-refractivity contribution in [2.75, 3.05) is 0 Å². The molecule has 0 aliphatic carbocycles. The van der Waals surface area contributed by atoms with Crippen LogP contribution in [0.3, 0.4) is 0 Å². The monoisotopic (exact) mass is 329 g/mol. The molecule has 0 spiro atoms. The molecule has 0 aliphatic rings. The summed E-state index contributed by atoms with van der Waals surface area (Å²) >= 11 is -1.74. The van der Waals surface area contributed by atoms with Crippen LogP contribution in [-0.4, -0.2) is 24.1 Å². The highest BCUT2D eigenvalue weighted by Crippen LogP contribution is 2.37. The molecule has 5 nitrogen and oxygen atoms in total. The third-order valence-corrected chi connectivity index (χ3v) is 9.26. The SMILES string of the molecule is CC(C)(C)[Si](C)(C)OCc1ccc([S+]([O-])NC(=O)O)cc1. The van der Waals surface area contributed by atoms with Gasteiger partial charge in [0.2, 0.25) is 0 Å². The largest absolute Gasteiger partial charge is 0.588 e. The van der Waals surface area contributed by atoms with Gasteiger partial charge in [0.25, 0.3) is 0 Å². The first kappa shape index (κ1) is 18.0. The molecule has 0 bridgehead atoms. The number of nitrogens with one attached hydrogen (secondary N) is 1. The summed E-state index contributed by atoms with van der Waals surface area (Å²) in [5, 5.41) is 8.68. The maximum absolute atomic E-state index is 11.6. The van der Waals surface area contributed by atoms with Gasteiger partial charge >= 0.3 is 6.09 Å². The molecule has 21 heavy (non-hydrogen) atoms. The second-order valence-corrected chi connectivity index (χ2v) is 12.4. The van der Waals surface area contributed by atoms with Crippen molar-refractivity contribution in [2.24, 2.45) is 0 Å². The zero-order valence-electron chi connectivity index (χ0n) is 13.1. The van der Waals surface area contributed by atoms with Gasteiger partial charge in [-0.1, -0.05) is 32.9 Å². The van der Waals surface area contributed by atoms with E-state index in [0.29, 0.717) is 11.5 Å². The van der Waals surface area contributed by atoms with Gasteiger partial charge < -0.3 is 14.1 Å². The summed E-state index contributed by atoms with van der Waals surface area (Å²) in [7, 11) is -1.79. The standard InChI is InChI=1S/C14H23NO4SSi/c1-14(2,3)21(4,5)19-10-11-6-8-12(9-7-11)20(18)15-13(16)17/h6-9,15H,10H2,1-5H3,(H,16,17). The van der Waals surface area contributed by atoms with Gasteiger partial charge in [0.05, 0.1) is 6.61 Å². The van der Waals surface area contributed by atoms with Crippen LogP contribution in [0.4, 0.5) is 4.79 Å². The molecule has 0 radical (unpaired) electrons. The topological polar surface area (TPSA) is 81.6 Å². The van der Waals surface area contributed by atoms with Crippen LogP contribution in [-0.2, 0) is 22.4 Å². The van der Waals surface area contributed by atoms with Crippen LogP contribution in [0, 0.1) is 0 Å². The Hall–Kier alpha value is -1.02. The van der Waals surface area contributed by atoms with Crippen LogP contribution in [0.5, 0.6) is 0 Å². The highest BCUT2D eigenvalue weighted by atomic mass is 32.2. The van der Waals surface area contributed by atoms with Crippen molar-refractivity contribution < 1.29 is 18.9 Å². The average molecular weight is 329 g/mol. The van der Waals surface area contributed by atoms with E-state index in [1.807, 2.05) is 16.9 Å². The lowest BCUT2D eigenvalue weighted by Crippen LogP contribution is -2.40. The summed E-state index contributed by atoms with van der Waals surface area (Å²) in [6, 6.07) is 6.92. The Morgan fingerprint density at radius 2 is 1.86 bits per heavy atom. The Morgan fingerprint density at radius 1 is 1.33 bits per heavy atom. The first-order valence-electron chi connectivity index (χ1n) is 6.67. The molecule has 0 saturated carbocycles. The molecule has 1 unspecified atom stereocenters. The van der Waals surface area contributed by atoms with Gasteiger partial charge in [-0.2, -0.15) is 0 Å². The van der Waals surface area contributed by atoms with Crippen molar-refractivity contribution in [3.63, 3.8) is 0 Å². The summed E-state index contributed by atoms with van der Waals surface area (Å²) < 4.78 is 19.6. The average Bonchev–Trinajstić information content (AvgIpc) is 2.35. The van der Waals surface area contributed by atoms with E-state index in [4.69, 9.17) is 9.53 Å². The highest BCUT2D eigenvalue weighted by molar-refractivity contribution is 7.90. The van der Waals surface area contributed by atoms with Gasteiger partial charge in [0, 0.05) is 0 Å². The summed E-state index contributed by atoms with van der Waals surface area (Å²) in [4.78, 5) is 10.9. The van der Waals surface area contributed by atoms with Gasteiger partial charge in [-0.15, -0.1) is 4.72 Å². The van der Waals surface area contributed by atoms with E-state index >= 15 is 0 Å². The number of carboxylic acid groups (broad SMARTS) is 1. The Balaban J connectivity index is 2.65. The second kappa shape index (κ2) is 6.82. The van der Waals surface area contributed by atoms with E-state index in [1.165, 1.54) is 0 Å². The fourth-order valence-corrected chi connectivity index (χ4v) is 2.95. The van der Waals surface area contributed by atoms with Gasteiger partial charge in [0.15, 0.2) is 13.2 Å². The molecule has 118 valence electrons. The molecule has 0 fully saturated rings. The van der Waals surface area contributed by atoms with Gasteiger partial charge in [0.1, 0.15) is 11.4 Å². The number of benzene rings is 1. The summed E-state index contributed by atoms with van der Waals surface area (Å²) in [5.41, 5.74) is 0.982. The predicted molar refractivity (Wildman–Crippen MR) is 86.0 cm³/mol. The van der Waals surface area contributed by atoms with Crippen LogP contribution >= 0.6 is 0 Å². The normalized spacial score (nSPS) is 13.8. The first-order chi connectivity index (χ1) is 9.53. The molecular formula is C14H23NO4SSi. The molecule has 1 amide bonds. The summed E-state index contributed by atoms with van der Waals surface area (Å²) in [5.74, 6) is 0.